The molecule has 0 aromatic heterocycles. The average molecular weight is 328 g/mol. The summed E-state index contributed by atoms with van der Waals surface area (Å²) in [5.74, 6) is 0.983. The number of nitrogens with zero attached hydrogens (tertiary/aromatic N) is 1. The van der Waals surface area contributed by atoms with Gasteiger partial charge in [-0.25, -0.2) is 8.42 Å². The molecule has 21 heavy (non-hydrogen) atoms. The smallest absolute Gasteiger partial charge is 0.257 e. The van der Waals surface area contributed by atoms with E-state index in [2.05, 4.69) is 5.32 Å². The number of benzene rings is 1. The van der Waals surface area contributed by atoms with Gasteiger partial charge < -0.3 is 10.2 Å². The van der Waals surface area contributed by atoms with Crippen molar-refractivity contribution in [3.05, 3.63) is 29.8 Å². The van der Waals surface area contributed by atoms with Crippen molar-refractivity contribution in [3.8, 4) is 0 Å². The van der Waals surface area contributed by atoms with Crippen LogP contribution in [0.4, 0.5) is 5.69 Å². The van der Waals surface area contributed by atoms with Gasteiger partial charge in [0.25, 0.3) is 5.91 Å². The van der Waals surface area contributed by atoms with Gasteiger partial charge in [0.2, 0.25) is 0 Å². The number of carbonyl (C=O) groups excluding carboxylic acids is 1. The zero-order valence-electron chi connectivity index (χ0n) is 12.2. The number of hydrogen-bond acceptors (Lipinski definition) is 5. The van der Waals surface area contributed by atoms with Crippen LogP contribution in [0.25, 0.3) is 0 Å². The molecule has 116 valence electrons. The molecular formula is C14H20N2O3S2. The molecule has 0 aliphatic carbocycles. The third kappa shape index (κ3) is 3.71. The maximum Gasteiger partial charge on any atom is 0.257 e. The van der Waals surface area contributed by atoms with E-state index >= 15 is 0 Å². The summed E-state index contributed by atoms with van der Waals surface area (Å²) in [5, 5.41) is 2.41. The van der Waals surface area contributed by atoms with Gasteiger partial charge in [-0.3, -0.25) is 4.79 Å². The number of amides is 1. The second kappa shape index (κ2) is 6.70. The highest BCUT2D eigenvalue weighted by molar-refractivity contribution is 8.00. The predicted molar refractivity (Wildman–Crippen MR) is 87.6 cm³/mol. The molecule has 1 aliphatic rings. The van der Waals surface area contributed by atoms with Gasteiger partial charge in [-0.1, -0.05) is 12.1 Å². The van der Waals surface area contributed by atoms with Crippen LogP contribution >= 0.6 is 11.8 Å². The predicted octanol–water partition coefficient (Wildman–Crippen LogP) is 1.68. The van der Waals surface area contributed by atoms with E-state index in [1.165, 1.54) is 11.2 Å². The van der Waals surface area contributed by atoms with Crippen molar-refractivity contribution in [2.75, 3.05) is 36.2 Å². The molecule has 0 radical (unpaired) electrons. The molecule has 0 bridgehead atoms. The van der Waals surface area contributed by atoms with E-state index in [9.17, 15) is 13.2 Å². The van der Waals surface area contributed by atoms with E-state index < -0.39 is 15.2 Å². The Labute approximate surface area is 130 Å². The number of nitrogens with one attached hydrogen (secondary N) is 1. The lowest BCUT2D eigenvalue weighted by atomic mass is 10.1. The summed E-state index contributed by atoms with van der Waals surface area (Å²) in [6.45, 7) is 3.12. The Balaban J connectivity index is 2.33. The summed E-state index contributed by atoms with van der Waals surface area (Å²) in [4.78, 5) is 14.3. The second-order valence-electron chi connectivity index (χ2n) is 4.93. The van der Waals surface area contributed by atoms with Crippen LogP contribution in [-0.2, 0) is 9.84 Å². The summed E-state index contributed by atoms with van der Waals surface area (Å²) in [6.07, 6.45) is 1.19. The Morgan fingerprint density at radius 1 is 1.43 bits per heavy atom. The van der Waals surface area contributed by atoms with Gasteiger partial charge in [0.15, 0.2) is 9.84 Å². The lowest BCUT2D eigenvalue weighted by Crippen LogP contribution is -2.50. The number of carbonyl (C=O) groups is 1. The van der Waals surface area contributed by atoms with Crippen molar-refractivity contribution in [2.24, 2.45) is 0 Å². The number of para-hydroxylation sites is 1. The number of hydrogen-bond donors (Lipinski definition) is 1. The van der Waals surface area contributed by atoms with Crippen molar-refractivity contribution in [2.45, 2.75) is 12.3 Å². The summed E-state index contributed by atoms with van der Waals surface area (Å²) in [6, 6.07) is 7.23. The Bertz CT molecular complexity index is 616. The molecule has 1 N–H and O–H groups in total. The lowest BCUT2D eigenvalue weighted by molar-refractivity contribution is 0.0750. The van der Waals surface area contributed by atoms with Crippen LogP contribution in [0.2, 0.25) is 0 Å². The molecule has 0 saturated carbocycles. The molecule has 1 aromatic carbocycles. The molecule has 1 atom stereocenters. The second-order valence-corrected chi connectivity index (χ2v) is 8.29. The molecule has 1 heterocycles. The first-order valence-corrected chi connectivity index (χ1v) is 9.96. The maximum atomic E-state index is 12.8. The molecule has 1 amide bonds. The molecular weight excluding hydrogens is 308 g/mol. The van der Waals surface area contributed by atoms with E-state index in [0.717, 1.165) is 11.4 Å². The van der Waals surface area contributed by atoms with Gasteiger partial charge in [-0.05, 0) is 19.1 Å². The molecule has 1 saturated heterocycles. The highest BCUT2D eigenvalue weighted by Gasteiger charge is 2.35. The Morgan fingerprint density at radius 2 is 2.14 bits per heavy atom. The lowest BCUT2D eigenvalue weighted by Gasteiger charge is -2.34. The Hall–Kier alpha value is -1.21. The van der Waals surface area contributed by atoms with Gasteiger partial charge in [-0.2, -0.15) is 11.8 Å². The fraction of sp³-hybridized carbons (Fsp3) is 0.500. The molecule has 1 unspecified atom stereocenters. The first-order chi connectivity index (χ1) is 9.95. The van der Waals surface area contributed by atoms with Gasteiger partial charge in [-0.15, -0.1) is 0 Å². The van der Waals surface area contributed by atoms with Gasteiger partial charge >= 0.3 is 0 Å². The molecule has 1 fully saturated rings. The van der Waals surface area contributed by atoms with Crippen molar-refractivity contribution in [1.82, 2.24) is 4.90 Å². The standard InChI is InChI=1S/C14H20N2O3S2/c1-3-15-12-7-5-4-6-11(12)14(17)16-8-9-20-10-13(16)21(2,18)19/h4-7,13,15H,3,8-10H2,1-2H3. The molecule has 1 aliphatic heterocycles. The van der Waals surface area contributed by atoms with E-state index in [1.807, 2.05) is 19.1 Å². The van der Waals surface area contributed by atoms with Crippen molar-refractivity contribution >= 4 is 33.2 Å². The largest absolute Gasteiger partial charge is 0.385 e. The minimum absolute atomic E-state index is 0.220. The summed E-state index contributed by atoms with van der Waals surface area (Å²) < 4.78 is 23.8. The fourth-order valence-corrected chi connectivity index (χ4v) is 5.15. The molecule has 2 rings (SSSR count). The Kier molecular flexibility index (Phi) is 5.16. The maximum absolute atomic E-state index is 12.8. The van der Waals surface area contributed by atoms with E-state index in [1.54, 1.807) is 23.9 Å². The third-order valence-corrected chi connectivity index (χ3v) is 6.01. The van der Waals surface area contributed by atoms with E-state index in [4.69, 9.17) is 0 Å². The van der Waals surface area contributed by atoms with Crippen LogP contribution in [0.5, 0.6) is 0 Å². The quantitative estimate of drug-likeness (QED) is 0.911. The van der Waals surface area contributed by atoms with Crippen LogP contribution < -0.4 is 5.32 Å². The van der Waals surface area contributed by atoms with Crippen molar-refractivity contribution in [1.29, 1.82) is 0 Å². The van der Waals surface area contributed by atoms with Crippen LogP contribution in [0.15, 0.2) is 24.3 Å². The van der Waals surface area contributed by atoms with Crippen LogP contribution in [0.1, 0.15) is 17.3 Å². The Morgan fingerprint density at radius 3 is 2.81 bits per heavy atom. The summed E-state index contributed by atoms with van der Waals surface area (Å²) in [5.41, 5.74) is 1.27. The monoisotopic (exact) mass is 328 g/mol. The minimum atomic E-state index is -3.29. The highest BCUT2D eigenvalue weighted by atomic mass is 32.2. The summed E-state index contributed by atoms with van der Waals surface area (Å²) >= 11 is 1.57. The summed E-state index contributed by atoms with van der Waals surface area (Å²) in [7, 11) is -3.29. The van der Waals surface area contributed by atoms with Gasteiger partial charge in [0.05, 0.1) is 5.56 Å². The minimum Gasteiger partial charge on any atom is -0.385 e. The van der Waals surface area contributed by atoms with E-state index in [0.29, 0.717) is 24.4 Å². The van der Waals surface area contributed by atoms with Gasteiger partial charge in [0, 0.05) is 36.5 Å². The van der Waals surface area contributed by atoms with Crippen molar-refractivity contribution < 1.29 is 13.2 Å². The van der Waals surface area contributed by atoms with Gasteiger partial charge in [0.1, 0.15) is 5.37 Å². The first-order valence-electron chi connectivity index (χ1n) is 6.85. The average Bonchev–Trinajstić information content (AvgIpc) is 2.46. The first kappa shape index (κ1) is 16.2. The number of sulfone groups is 1. The normalized spacial score (nSPS) is 19.3. The fourth-order valence-electron chi connectivity index (χ4n) is 2.34. The highest BCUT2D eigenvalue weighted by Crippen LogP contribution is 2.25. The molecule has 0 spiro atoms. The molecule has 5 nitrogen and oxygen atoms in total. The zero-order chi connectivity index (χ0) is 15.5. The van der Waals surface area contributed by atoms with Crippen LogP contribution in [0, 0.1) is 0 Å². The zero-order valence-corrected chi connectivity index (χ0v) is 13.8. The topological polar surface area (TPSA) is 66.5 Å². The van der Waals surface area contributed by atoms with Crippen molar-refractivity contribution in [3.63, 3.8) is 0 Å². The van der Waals surface area contributed by atoms with Crippen LogP contribution in [-0.4, -0.2) is 55.4 Å². The van der Waals surface area contributed by atoms with Crippen LogP contribution in [0.3, 0.4) is 0 Å². The molecule has 1 aromatic rings. The molecule has 7 heteroatoms. The number of anilines is 1. The number of rotatable bonds is 4. The number of thioether (sulfide) groups is 1. The SMILES string of the molecule is CCNc1ccccc1C(=O)N1CCSCC1S(C)(=O)=O. The van der Waals surface area contributed by atoms with E-state index in [-0.39, 0.29) is 5.91 Å². The third-order valence-electron chi connectivity index (χ3n) is 3.36.